The maximum atomic E-state index is 12.5. The lowest BCUT2D eigenvalue weighted by Gasteiger charge is -2.13. The molecule has 0 atom stereocenters. The summed E-state index contributed by atoms with van der Waals surface area (Å²) < 4.78 is 51.8. The fraction of sp³-hybridized carbons (Fsp3) is 0.406. The second kappa shape index (κ2) is 19.5. The third-order valence-electron chi connectivity index (χ3n) is 6.11. The minimum Gasteiger partial charge on any atom is -0.497 e. The number of benzene rings is 3. The van der Waals surface area contributed by atoms with Crippen LogP contribution in [0.4, 0.5) is 13.2 Å². The van der Waals surface area contributed by atoms with Crippen LogP contribution in [-0.2, 0) is 12.8 Å². The molecule has 0 bridgehead atoms. The number of rotatable bonds is 16. The van der Waals surface area contributed by atoms with Crippen LogP contribution in [0.15, 0.2) is 71.6 Å². The summed E-state index contributed by atoms with van der Waals surface area (Å²) in [5, 5.41) is 1.12. The molecule has 224 valence electrons. The molecule has 0 aliphatic rings. The van der Waals surface area contributed by atoms with E-state index in [4.69, 9.17) is 9.47 Å². The van der Waals surface area contributed by atoms with Crippen molar-refractivity contribution < 1.29 is 32.2 Å². The number of carbonyl (C=O) groups is 1. The van der Waals surface area contributed by atoms with Gasteiger partial charge in [-0.15, -0.1) is 24.9 Å². The summed E-state index contributed by atoms with van der Waals surface area (Å²) in [5.41, 5.74) is 2.78. The van der Waals surface area contributed by atoms with Gasteiger partial charge in [0.1, 0.15) is 23.5 Å². The fourth-order valence-electron chi connectivity index (χ4n) is 3.90. The molecule has 9 heteroatoms. The number of ether oxygens (including phenoxy) is 3. The van der Waals surface area contributed by atoms with Gasteiger partial charge in [0.2, 0.25) is 0 Å². The van der Waals surface area contributed by atoms with E-state index in [-0.39, 0.29) is 11.3 Å². The highest BCUT2D eigenvalue weighted by atomic mass is 79.9. The SMILES string of the molecule is COc1ccc(CCCCCBr)cc1.COc1ccc(CCCCCSc2ccc(C=O)cc2OC(F)(F)F)cc1. The molecule has 3 aromatic carbocycles. The predicted octanol–water partition coefficient (Wildman–Crippen LogP) is 9.71. The molecular formula is C32H38BrF3O4S. The number of aryl methyl sites for hydroxylation is 2. The Labute approximate surface area is 254 Å². The van der Waals surface area contributed by atoms with Gasteiger partial charge in [0, 0.05) is 15.8 Å². The predicted molar refractivity (Wildman–Crippen MR) is 164 cm³/mol. The summed E-state index contributed by atoms with van der Waals surface area (Å²) in [7, 11) is 3.33. The summed E-state index contributed by atoms with van der Waals surface area (Å²) in [6, 6.07) is 20.4. The lowest BCUT2D eigenvalue weighted by Crippen LogP contribution is -2.17. The molecular weight excluding hydrogens is 617 g/mol. The molecule has 3 rings (SSSR count). The van der Waals surface area contributed by atoms with Crippen LogP contribution in [0.1, 0.15) is 60.0 Å². The zero-order valence-electron chi connectivity index (χ0n) is 23.6. The van der Waals surface area contributed by atoms with Gasteiger partial charge in [-0.05, 0) is 91.8 Å². The van der Waals surface area contributed by atoms with Crippen LogP contribution in [0.5, 0.6) is 17.2 Å². The average molecular weight is 656 g/mol. The van der Waals surface area contributed by atoms with Crippen LogP contribution in [0.25, 0.3) is 0 Å². The zero-order chi connectivity index (χ0) is 29.9. The number of carbonyl (C=O) groups excluding carboxylic acids is 1. The number of unbranched alkanes of at least 4 members (excludes halogenated alkanes) is 4. The molecule has 0 saturated heterocycles. The van der Waals surface area contributed by atoms with Crippen LogP contribution in [-0.4, -0.2) is 38.0 Å². The molecule has 4 nitrogen and oxygen atoms in total. The van der Waals surface area contributed by atoms with E-state index >= 15 is 0 Å². The first-order chi connectivity index (χ1) is 19.8. The molecule has 0 spiro atoms. The second-order valence-electron chi connectivity index (χ2n) is 9.23. The normalized spacial score (nSPS) is 10.9. The first kappa shape index (κ1) is 34.6. The molecule has 0 unspecified atom stereocenters. The van der Waals surface area contributed by atoms with Crippen molar-refractivity contribution in [2.75, 3.05) is 25.3 Å². The molecule has 0 aliphatic carbocycles. The number of hydrogen-bond acceptors (Lipinski definition) is 5. The Morgan fingerprint density at radius 3 is 1.76 bits per heavy atom. The smallest absolute Gasteiger partial charge is 0.497 e. The molecule has 0 N–H and O–H groups in total. The van der Waals surface area contributed by atoms with Crippen molar-refractivity contribution in [2.24, 2.45) is 0 Å². The number of halogens is 4. The van der Waals surface area contributed by atoms with Crippen LogP contribution in [0, 0.1) is 0 Å². The highest BCUT2D eigenvalue weighted by Crippen LogP contribution is 2.34. The summed E-state index contributed by atoms with van der Waals surface area (Å²) >= 11 is 4.74. The van der Waals surface area contributed by atoms with E-state index in [1.807, 2.05) is 36.4 Å². The van der Waals surface area contributed by atoms with Gasteiger partial charge in [-0.1, -0.05) is 59.1 Å². The molecule has 41 heavy (non-hydrogen) atoms. The van der Waals surface area contributed by atoms with E-state index in [9.17, 15) is 18.0 Å². The minimum atomic E-state index is -4.78. The highest BCUT2D eigenvalue weighted by Gasteiger charge is 2.32. The Morgan fingerprint density at radius 2 is 1.29 bits per heavy atom. The lowest BCUT2D eigenvalue weighted by molar-refractivity contribution is -0.275. The number of methoxy groups -OCH3 is 2. The molecule has 0 aromatic heterocycles. The first-order valence-corrected chi connectivity index (χ1v) is 15.7. The van der Waals surface area contributed by atoms with Crippen molar-refractivity contribution in [1.82, 2.24) is 0 Å². The van der Waals surface area contributed by atoms with E-state index in [0.717, 1.165) is 48.6 Å². The van der Waals surface area contributed by atoms with Crippen LogP contribution >= 0.6 is 27.7 Å². The second-order valence-corrected chi connectivity index (χ2v) is 11.2. The topological polar surface area (TPSA) is 44.8 Å². The zero-order valence-corrected chi connectivity index (χ0v) is 26.0. The first-order valence-electron chi connectivity index (χ1n) is 13.6. The largest absolute Gasteiger partial charge is 0.573 e. The van der Waals surface area contributed by atoms with E-state index in [0.29, 0.717) is 16.9 Å². The quantitative estimate of drug-likeness (QED) is 0.0666. The Balaban J connectivity index is 0.000000353. The monoisotopic (exact) mass is 654 g/mol. The van der Waals surface area contributed by atoms with Gasteiger partial charge in [0.15, 0.2) is 0 Å². The van der Waals surface area contributed by atoms with Gasteiger partial charge in [0.25, 0.3) is 0 Å². The van der Waals surface area contributed by atoms with Crippen molar-refractivity contribution >= 4 is 34.0 Å². The summed E-state index contributed by atoms with van der Waals surface area (Å²) in [6.07, 6.45) is 4.55. The highest BCUT2D eigenvalue weighted by molar-refractivity contribution is 9.09. The standard InChI is InChI=1S/C20H21F3O3S.C12H17BrO/c1-25-17-9-6-15(7-10-17)5-3-2-4-12-27-19-11-8-16(14-24)13-18(19)26-20(21,22)23;1-14-12-8-6-11(7-9-12)5-3-2-4-10-13/h6-11,13-14H,2-5,12H2,1H3;6-9H,2-5,10H2,1H3. The van der Waals surface area contributed by atoms with E-state index in [2.05, 4.69) is 32.8 Å². The number of thioether (sulfide) groups is 1. The molecule has 0 saturated carbocycles. The molecule has 3 aromatic rings. The van der Waals surface area contributed by atoms with E-state index in [1.165, 1.54) is 60.7 Å². The lowest BCUT2D eigenvalue weighted by atomic mass is 10.1. The molecule has 0 heterocycles. The van der Waals surface area contributed by atoms with Gasteiger partial charge in [-0.2, -0.15) is 0 Å². The molecule has 0 radical (unpaired) electrons. The van der Waals surface area contributed by atoms with Gasteiger partial charge in [-0.25, -0.2) is 0 Å². The Morgan fingerprint density at radius 1 is 0.756 bits per heavy atom. The van der Waals surface area contributed by atoms with Crippen LogP contribution in [0.2, 0.25) is 0 Å². The summed E-state index contributed by atoms with van der Waals surface area (Å²) in [4.78, 5) is 11.2. The van der Waals surface area contributed by atoms with Gasteiger partial charge < -0.3 is 14.2 Å². The number of aldehydes is 1. The van der Waals surface area contributed by atoms with E-state index < -0.39 is 6.36 Å². The van der Waals surface area contributed by atoms with Crippen molar-refractivity contribution in [3.05, 3.63) is 83.4 Å². The van der Waals surface area contributed by atoms with Gasteiger partial charge in [0.05, 0.1) is 14.2 Å². The summed E-state index contributed by atoms with van der Waals surface area (Å²) in [6.45, 7) is 0. The number of hydrogen-bond donors (Lipinski definition) is 0. The Kier molecular flexibility index (Phi) is 16.4. The third-order valence-corrected chi connectivity index (χ3v) is 7.82. The maximum Gasteiger partial charge on any atom is 0.573 e. The van der Waals surface area contributed by atoms with Gasteiger partial charge in [-0.3, -0.25) is 4.79 Å². The molecule has 0 fully saturated rings. The van der Waals surface area contributed by atoms with Crippen molar-refractivity contribution in [2.45, 2.75) is 62.6 Å². The average Bonchev–Trinajstić information content (AvgIpc) is 2.98. The van der Waals surface area contributed by atoms with Crippen molar-refractivity contribution in [1.29, 1.82) is 0 Å². The maximum absolute atomic E-state index is 12.5. The van der Waals surface area contributed by atoms with Gasteiger partial charge >= 0.3 is 6.36 Å². The minimum absolute atomic E-state index is 0.151. The van der Waals surface area contributed by atoms with Crippen LogP contribution in [0.3, 0.4) is 0 Å². The Bertz CT molecular complexity index is 1140. The third kappa shape index (κ3) is 14.7. The van der Waals surface area contributed by atoms with Crippen molar-refractivity contribution in [3.8, 4) is 17.2 Å². The summed E-state index contributed by atoms with van der Waals surface area (Å²) in [5.74, 6) is 2.12. The van der Waals surface area contributed by atoms with Crippen molar-refractivity contribution in [3.63, 3.8) is 0 Å². The molecule has 0 aliphatic heterocycles. The van der Waals surface area contributed by atoms with E-state index in [1.54, 1.807) is 14.2 Å². The number of alkyl halides is 4. The Hall–Kier alpha value is -2.65. The fourth-order valence-corrected chi connectivity index (χ4v) is 5.27. The molecule has 0 amide bonds. The van der Waals surface area contributed by atoms with Crippen LogP contribution < -0.4 is 14.2 Å².